The van der Waals surface area contributed by atoms with Crippen LogP contribution in [0.25, 0.3) is 0 Å². The Hall–Kier alpha value is -2.08. The van der Waals surface area contributed by atoms with E-state index in [9.17, 15) is 9.59 Å². The number of urea groups is 1. The van der Waals surface area contributed by atoms with Gasteiger partial charge in [0, 0.05) is 5.92 Å². The largest absolute Gasteiger partial charge is 0.495 e. The van der Waals surface area contributed by atoms with E-state index >= 15 is 0 Å². The summed E-state index contributed by atoms with van der Waals surface area (Å²) >= 11 is 0. The van der Waals surface area contributed by atoms with E-state index in [1.165, 1.54) is 7.11 Å². The number of piperidine rings is 1. The maximum atomic E-state index is 12.0. The number of methoxy groups -OCH3 is 1. The van der Waals surface area contributed by atoms with Gasteiger partial charge in [-0.05, 0) is 45.1 Å². The molecule has 3 amide bonds. The summed E-state index contributed by atoms with van der Waals surface area (Å²) in [6.07, 6.45) is 1.56. The number of rotatable bonds is 3. The minimum Gasteiger partial charge on any atom is -0.495 e. The van der Waals surface area contributed by atoms with Crippen molar-refractivity contribution in [3.8, 4) is 5.75 Å². The van der Waals surface area contributed by atoms with Crippen molar-refractivity contribution in [3.63, 3.8) is 0 Å². The van der Waals surface area contributed by atoms with E-state index < -0.39 is 6.03 Å². The summed E-state index contributed by atoms with van der Waals surface area (Å²) in [5.41, 5.74) is 0.536. The molecule has 114 valence electrons. The van der Waals surface area contributed by atoms with Crippen LogP contribution in [0.4, 0.5) is 10.5 Å². The standard InChI is InChI=1S/C15H21N3O3/c1-18-9-7-11(8-10-18)14(19)17-15(20)16-12-5-3-4-6-13(12)21-2/h3-6,11H,7-10H2,1-2H3,(H2,16,17,19,20). The molecule has 21 heavy (non-hydrogen) atoms. The van der Waals surface area contributed by atoms with Crippen molar-refractivity contribution in [2.45, 2.75) is 12.8 Å². The SMILES string of the molecule is COc1ccccc1NC(=O)NC(=O)C1CCN(C)CC1. The number of ether oxygens (including phenoxy) is 1. The Morgan fingerprint density at radius 3 is 2.57 bits per heavy atom. The van der Waals surface area contributed by atoms with Gasteiger partial charge in [0.25, 0.3) is 0 Å². The lowest BCUT2D eigenvalue weighted by Gasteiger charge is -2.27. The molecule has 0 saturated carbocycles. The fraction of sp³-hybridized carbons (Fsp3) is 0.467. The molecule has 0 aromatic heterocycles. The normalized spacial score (nSPS) is 16.3. The van der Waals surface area contributed by atoms with Crippen LogP contribution in [0, 0.1) is 5.92 Å². The van der Waals surface area contributed by atoms with Gasteiger partial charge in [-0.3, -0.25) is 10.1 Å². The number of nitrogens with zero attached hydrogens (tertiary/aromatic N) is 1. The lowest BCUT2D eigenvalue weighted by molar-refractivity contribution is -0.125. The first-order valence-electron chi connectivity index (χ1n) is 7.03. The Bertz CT molecular complexity index is 511. The second kappa shape index (κ2) is 7.08. The molecule has 1 aromatic rings. The predicted molar refractivity (Wildman–Crippen MR) is 80.4 cm³/mol. The molecule has 1 heterocycles. The van der Waals surface area contributed by atoms with E-state index in [1.54, 1.807) is 18.2 Å². The Kier molecular flexibility index (Phi) is 5.16. The zero-order valence-corrected chi connectivity index (χ0v) is 12.4. The second-order valence-electron chi connectivity index (χ2n) is 5.22. The van der Waals surface area contributed by atoms with Crippen LogP contribution in [-0.2, 0) is 4.79 Å². The van der Waals surface area contributed by atoms with E-state index in [-0.39, 0.29) is 11.8 Å². The van der Waals surface area contributed by atoms with Crippen molar-refractivity contribution in [2.24, 2.45) is 5.92 Å². The molecule has 0 unspecified atom stereocenters. The minimum atomic E-state index is -0.525. The summed E-state index contributed by atoms with van der Waals surface area (Å²) in [7, 11) is 3.56. The lowest BCUT2D eigenvalue weighted by Crippen LogP contribution is -2.42. The molecule has 6 nitrogen and oxygen atoms in total. The van der Waals surface area contributed by atoms with Gasteiger partial charge in [-0.1, -0.05) is 12.1 Å². The van der Waals surface area contributed by atoms with Gasteiger partial charge in [0.05, 0.1) is 12.8 Å². The summed E-state index contributed by atoms with van der Waals surface area (Å²) in [5, 5.41) is 5.04. The maximum absolute atomic E-state index is 12.0. The van der Waals surface area contributed by atoms with Crippen LogP contribution < -0.4 is 15.4 Å². The summed E-state index contributed by atoms with van der Waals surface area (Å²) in [4.78, 5) is 26.1. The van der Waals surface area contributed by atoms with Crippen molar-refractivity contribution in [1.29, 1.82) is 0 Å². The summed E-state index contributed by atoms with van der Waals surface area (Å²) in [6, 6.07) is 6.54. The number of carbonyl (C=O) groups excluding carboxylic acids is 2. The molecule has 0 aliphatic carbocycles. The highest BCUT2D eigenvalue weighted by Gasteiger charge is 2.24. The van der Waals surface area contributed by atoms with E-state index in [1.807, 2.05) is 13.1 Å². The van der Waals surface area contributed by atoms with Gasteiger partial charge in [0.2, 0.25) is 5.91 Å². The number of carbonyl (C=O) groups is 2. The molecule has 1 aromatic carbocycles. The average Bonchev–Trinajstić information content (AvgIpc) is 2.48. The Morgan fingerprint density at radius 2 is 1.90 bits per heavy atom. The average molecular weight is 291 g/mol. The van der Waals surface area contributed by atoms with Gasteiger partial charge in [0.1, 0.15) is 5.75 Å². The molecule has 1 saturated heterocycles. The number of nitrogens with one attached hydrogen (secondary N) is 2. The smallest absolute Gasteiger partial charge is 0.325 e. The zero-order chi connectivity index (χ0) is 15.2. The molecule has 2 N–H and O–H groups in total. The van der Waals surface area contributed by atoms with Crippen LogP contribution >= 0.6 is 0 Å². The van der Waals surface area contributed by atoms with Crippen molar-refractivity contribution in [3.05, 3.63) is 24.3 Å². The third-order valence-corrected chi connectivity index (χ3v) is 3.68. The monoisotopic (exact) mass is 291 g/mol. The topological polar surface area (TPSA) is 70.7 Å². The number of amides is 3. The molecule has 2 rings (SSSR count). The van der Waals surface area contributed by atoms with Crippen LogP contribution in [0.3, 0.4) is 0 Å². The highest BCUT2D eigenvalue weighted by Crippen LogP contribution is 2.23. The van der Waals surface area contributed by atoms with Gasteiger partial charge in [-0.25, -0.2) is 4.79 Å². The molecular weight excluding hydrogens is 270 g/mol. The lowest BCUT2D eigenvalue weighted by atomic mass is 9.96. The number of imide groups is 1. The first-order chi connectivity index (χ1) is 10.1. The summed E-state index contributed by atoms with van der Waals surface area (Å²) in [5.74, 6) is 0.250. The van der Waals surface area contributed by atoms with Crippen molar-refractivity contribution in [1.82, 2.24) is 10.2 Å². The number of benzene rings is 1. The minimum absolute atomic E-state index is 0.0929. The summed E-state index contributed by atoms with van der Waals surface area (Å²) < 4.78 is 5.15. The molecule has 1 aliphatic heterocycles. The fourth-order valence-corrected chi connectivity index (χ4v) is 2.39. The van der Waals surface area contributed by atoms with Crippen LogP contribution in [0.15, 0.2) is 24.3 Å². The van der Waals surface area contributed by atoms with E-state index in [4.69, 9.17) is 4.74 Å². The molecule has 6 heteroatoms. The molecular formula is C15H21N3O3. The molecule has 1 fully saturated rings. The predicted octanol–water partition coefficient (Wildman–Crippen LogP) is 1.69. The molecule has 0 bridgehead atoms. The number of para-hydroxylation sites is 2. The number of hydrogen-bond donors (Lipinski definition) is 2. The first kappa shape index (κ1) is 15.3. The highest BCUT2D eigenvalue weighted by atomic mass is 16.5. The van der Waals surface area contributed by atoms with Gasteiger partial charge in [-0.15, -0.1) is 0 Å². The quantitative estimate of drug-likeness (QED) is 0.889. The van der Waals surface area contributed by atoms with Crippen molar-refractivity contribution in [2.75, 3.05) is 32.6 Å². The summed E-state index contributed by atoms with van der Waals surface area (Å²) in [6.45, 7) is 1.76. The number of hydrogen-bond acceptors (Lipinski definition) is 4. The van der Waals surface area contributed by atoms with Crippen LogP contribution in [0.2, 0.25) is 0 Å². The Balaban J connectivity index is 1.88. The van der Waals surface area contributed by atoms with Crippen LogP contribution in [0.5, 0.6) is 5.75 Å². The molecule has 0 spiro atoms. The van der Waals surface area contributed by atoms with Crippen LogP contribution in [0.1, 0.15) is 12.8 Å². The van der Waals surface area contributed by atoms with Gasteiger partial charge < -0.3 is 15.0 Å². The molecule has 0 radical (unpaired) electrons. The number of likely N-dealkylation sites (tertiary alicyclic amines) is 1. The van der Waals surface area contributed by atoms with Crippen LogP contribution in [-0.4, -0.2) is 44.1 Å². The third-order valence-electron chi connectivity index (χ3n) is 3.68. The van der Waals surface area contributed by atoms with E-state index in [0.29, 0.717) is 11.4 Å². The fourth-order valence-electron chi connectivity index (χ4n) is 2.39. The van der Waals surface area contributed by atoms with Gasteiger partial charge >= 0.3 is 6.03 Å². The van der Waals surface area contributed by atoms with Crippen molar-refractivity contribution >= 4 is 17.6 Å². The molecule has 1 aliphatic rings. The van der Waals surface area contributed by atoms with Gasteiger partial charge in [-0.2, -0.15) is 0 Å². The maximum Gasteiger partial charge on any atom is 0.325 e. The number of anilines is 1. The van der Waals surface area contributed by atoms with Gasteiger partial charge in [0.15, 0.2) is 0 Å². The second-order valence-corrected chi connectivity index (χ2v) is 5.22. The van der Waals surface area contributed by atoms with E-state index in [2.05, 4.69) is 15.5 Å². The zero-order valence-electron chi connectivity index (χ0n) is 12.4. The Labute approximate surface area is 124 Å². The first-order valence-corrected chi connectivity index (χ1v) is 7.03. The van der Waals surface area contributed by atoms with E-state index in [0.717, 1.165) is 25.9 Å². The van der Waals surface area contributed by atoms with Crippen molar-refractivity contribution < 1.29 is 14.3 Å². The molecule has 0 atom stereocenters. The third kappa shape index (κ3) is 4.19. The highest BCUT2D eigenvalue weighted by molar-refractivity contribution is 6.02. The Morgan fingerprint density at radius 1 is 1.24 bits per heavy atom.